The molecule has 2 aromatic rings. The first kappa shape index (κ1) is 22.4. The first-order chi connectivity index (χ1) is 13.5. The summed E-state index contributed by atoms with van der Waals surface area (Å²) in [5, 5.41) is 2.71. The molecule has 2 aromatic carbocycles. The molecule has 0 radical (unpaired) electrons. The Hall–Kier alpha value is -2.87. The smallest absolute Gasteiger partial charge is 0.338 e. The molecule has 0 aliphatic heterocycles. The summed E-state index contributed by atoms with van der Waals surface area (Å²) in [6.07, 6.45) is 1.07. The number of ether oxygens (including phenoxy) is 1. The van der Waals surface area contributed by atoms with Crippen LogP contribution in [0.15, 0.2) is 36.4 Å². The molecule has 0 saturated heterocycles. The Morgan fingerprint density at radius 1 is 1.03 bits per heavy atom. The second kappa shape index (κ2) is 9.09. The van der Waals surface area contributed by atoms with E-state index in [1.54, 1.807) is 51.1 Å². The van der Waals surface area contributed by atoms with Crippen molar-refractivity contribution < 1.29 is 22.7 Å². The highest BCUT2D eigenvalue weighted by Gasteiger charge is 2.23. The van der Waals surface area contributed by atoms with Gasteiger partial charge in [-0.05, 0) is 63.1 Å². The van der Waals surface area contributed by atoms with E-state index in [1.807, 2.05) is 13.0 Å². The first-order valence-corrected chi connectivity index (χ1v) is 11.0. The molecule has 0 aliphatic rings. The van der Waals surface area contributed by atoms with Crippen molar-refractivity contribution in [1.29, 1.82) is 0 Å². The van der Waals surface area contributed by atoms with Crippen LogP contribution in [0, 0.1) is 20.8 Å². The third-order valence-electron chi connectivity index (χ3n) is 4.32. The van der Waals surface area contributed by atoms with Gasteiger partial charge in [-0.3, -0.25) is 9.10 Å². The number of amides is 1. The van der Waals surface area contributed by atoms with Crippen molar-refractivity contribution in [2.24, 2.45) is 0 Å². The molecule has 0 bridgehead atoms. The molecular formula is C21H26N2O5S. The molecule has 0 heterocycles. The average Bonchev–Trinajstić information content (AvgIpc) is 2.61. The van der Waals surface area contributed by atoms with Crippen LogP contribution < -0.4 is 9.62 Å². The van der Waals surface area contributed by atoms with E-state index in [-0.39, 0.29) is 13.2 Å². The number of sulfonamides is 1. The fraction of sp³-hybridized carbons (Fsp3) is 0.333. The summed E-state index contributed by atoms with van der Waals surface area (Å²) in [5.74, 6) is -0.922. The van der Waals surface area contributed by atoms with Crippen molar-refractivity contribution in [2.45, 2.75) is 27.7 Å². The van der Waals surface area contributed by atoms with Crippen LogP contribution in [0.5, 0.6) is 0 Å². The lowest BCUT2D eigenvalue weighted by atomic mass is 10.1. The van der Waals surface area contributed by atoms with Crippen molar-refractivity contribution in [3.8, 4) is 0 Å². The number of hydrogen-bond acceptors (Lipinski definition) is 5. The number of hydrogen-bond donors (Lipinski definition) is 1. The zero-order chi connectivity index (χ0) is 21.8. The Kier molecular flexibility index (Phi) is 7.02. The lowest BCUT2D eigenvalue weighted by Gasteiger charge is -2.24. The van der Waals surface area contributed by atoms with Gasteiger partial charge in [-0.25, -0.2) is 13.2 Å². The minimum Gasteiger partial charge on any atom is -0.462 e. The van der Waals surface area contributed by atoms with Crippen LogP contribution in [-0.2, 0) is 19.6 Å². The molecule has 0 aliphatic carbocycles. The number of anilines is 2. The molecule has 8 heteroatoms. The van der Waals surface area contributed by atoms with Gasteiger partial charge in [0.25, 0.3) is 0 Å². The van der Waals surface area contributed by atoms with E-state index in [1.165, 1.54) is 0 Å². The van der Waals surface area contributed by atoms with Crippen molar-refractivity contribution >= 4 is 33.3 Å². The Labute approximate surface area is 171 Å². The maximum Gasteiger partial charge on any atom is 0.338 e. The Morgan fingerprint density at radius 3 is 2.28 bits per heavy atom. The number of nitrogens with one attached hydrogen (secondary N) is 1. The van der Waals surface area contributed by atoms with Gasteiger partial charge in [0.1, 0.15) is 6.54 Å². The summed E-state index contributed by atoms with van der Waals surface area (Å²) in [4.78, 5) is 24.4. The van der Waals surface area contributed by atoms with Crippen LogP contribution in [0.1, 0.15) is 34.0 Å². The third kappa shape index (κ3) is 5.80. The molecular weight excluding hydrogens is 392 g/mol. The highest BCUT2D eigenvalue weighted by atomic mass is 32.2. The van der Waals surface area contributed by atoms with E-state index >= 15 is 0 Å². The van der Waals surface area contributed by atoms with E-state index < -0.39 is 21.9 Å². The maximum atomic E-state index is 12.6. The molecule has 0 unspecified atom stereocenters. The zero-order valence-corrected chi connectivity index (χ0v) is 18.1. The van der Waals surface area contributed by atoms with E-state index in [0.717, 1.165) is 21.7 Å². The fourth-order valence-electron chi connectivity index (χ4n) is 2.93. The Balaban J connectivity index is 2.22. The largest absolute Gasteiger partial charge is 0.462 e. The van der Waals surface area contributed by atoms with Crippen molar-refractivity contribution in [2.75, 3.05) is 29.0 Å². The lowest BCUT2D eigenvalue weighted by Crippen LogP contribution is -2.38. The second-order valence-electron chi connectivity index (χ2n) is 6.86. The molecule has 1 amide bonds. The van der Waals surface area contributed by atoms with Gasteiger partial charge in [-0.2, -0.15) is 0 Å². The average molecular weight is 419 g/mol. The molecule has 0 spiro atoms. The topological polar surface area (TPSA) is 92.8 Å². The van der Waals surface area contributed by atoms with Crippen LogP contribution in [0.2, 0.25) is 0 Å². The standard InChI is InChI=1S/C21H26N2O5S/c1-6-28-21(25)17-8-9-18(15(3)12-17)22-20(24)13-23(29(5,26)27)19-10-7-14(2)11-16(19)4/h7-12H,6,13H2,1-5H3,(H,22,24). The molecule has 1 N–H and O–H groups in total. The lowest BCUT2D eigenvalue weighted by molar-refractivity contribution is -0.114. The Morgan fingerprint density at radius 2 is 1.72 bits per heavy atom. The van der Waals surface area contributed by atoms with Crippen LogP contribution in [0.3, 0.4) is 0 Å². The summed E-state index contributed by atoms with van der Waals surface area (Å²) < 4.78 is 30.6. The predicted molar refractivity (Wildman–Crippen MR) is 114 cm³/mol. The Bertz CT molecular complexity index is 1030. The minimum absolute atomic E-state index is 0.274. The van der Waals surface area contributed by atoms with E-state index in [4.69, 9.17) is 4.74 Å². The SMILES string of the molecule is CCOC(=O)c1ccc(NC(=O)CN(c2ccc(C)cc2C)S(C)(=O)=O)c(C)c1. The third-order valence-corrected chi connectivity index (χ3v) is 5.45. The first-order valence-electron chi connectivity index (χ1n) is 9.15. The second-order valence-corrected chi connectivity index (χ2v) is 8.76. The van der Waals surface area contributed by atoms with Crippen LogP contribution in [-0.4, -0.2) is 39.7 Å². The van der Waals surface area contributed by atoms with Crippen LogP contribution in [0.25, 0.3) is 0 Å². The number of benzene rings is 2. The van der Waals surface area contributed by atoms with Crippen LogP contribution >= 0.6 is 0 Å². The molecule has 7 nitrogen and oxygen atoms in total. The van der Waals surface area contributed by atoms with Crippen molar-refractivity contribution in [1.82, 2.24) is 0 Å². The number of esters is 1. The van der Waals surface area contributed by atoms with Crippen LogP contribution in [0.4, 0.5) is 11.4 Å². The van der Waals surface area contributed by atoms with E-state index in [2.05, 4.69) is 5.32 Å². The maximum absolute atomic E-state index is 12.6. The molecule has 2 rings (SSSR count). The molecule has 0 saturated carbocycles. The highest BCUT2D eigenvalue weighted by molar-refractivity contribution is 7.92. The van der Waals surface area contributed by atoms with Gasteiger partial charge < -0.3 is 10.1 Å². The number of carbonyl (C=O) groups is 2. The summed E-state index contributed by atoms with van der Waals surface area (Å²) in [6.45, 7) is 7.10. The summed E-state index contributed by atoms with van der Waals surface area (Å²) in [6, 6.07) is 10.1. The summed E-state index contributed by atoms with van der Waals surface area (Å²) in [7, 11) is -3.66. The van der Waals surface area contributed by atoms with Gasteiger partial charge in [0.05, 0.1) is 24.1 Å². The number of aryl methyl sites for hydroxylation is 3. The van der Waals surface area contributed by atoms with Crippen molar-refractivity contribution in [3.05, 3.63) is 58.7 Å². The monoisotopic (exact) mass is 418 g/mol. The predicted octanol–water partition coefficient (Wildman–Crippen LogP) is 3.19. The fourth-order valence-corrected chi connectivity index (χ4v) is 3.85. The molecule has 0 fully saturated rings. The summed E-state index contributed by atoms with van der Waals surface area (Å²) >= 11 is 0. The van der Waals surface area contributed by atoms with Gasteiger partial charge in [0.2, 0.25) is 15.9 Å². The number of rotatable bonds is 7. The number of carbonyl (C=O) groups excluding carboxylic acids is 2. The van der Waals surface area contributed by atoms with E-state index in [0.29, 0.717) is 22.5 Å². The molecule has 0 aromatic heterocycles. The van der Waals surface area contributed by atoms with Crippen molar-refractivity contribution in [3.63, 3.8) is 0 Å². The van der Waals surface area contributed by atoms with Gasteiger partial charge in [-0.15, -0.1) is 0 Å². The number of nitrogens with zero attached hydrogens (tertiary/aromatic N) is 1. The summed E-state index contributed by atoms with van der Waals surface area (Å²) in [5.41, 5.74) is 3.77. The normalized spacial score (nSPS) is 11.1. The quantitative estimate of drug-likeness (QED) is 0.697. The highest BCUT2D eigenvalue weighted by Crippen LogP contribution is 2.24. The van der Waals surface area contributed by atoms with E-state index in [9.17, 15) is 18.0 Å². The zero-order valence-electron chi connectivity index (χ0n) is 17.3. The molecule has 29 heavy (non-hydrogen) atoms. The minimum atomic E-state index is -3.66. The van der Waals surface area contributed by atoms with Gasteiger partial charge in [-0.1, -0.05) is 17.7 Å². The van der Waals surface area contributed by atoms with Gasteiger partial charge >= 0.3 is 5.97 Å². The van der Waals surface area contributed by atoms with Gasteiger partial charge in [0.15, 0.2) is 0 Å². The molecule has 156 valence electrons. The molecule has 0 atom stereocenters. The van der Waals surface area contributed by atoms with Gasteiger partial charge in [0, 0.05) is 5.69 Å².